The monoisotopic (exact) mass is 1720 g/mol. The summed E-state index contributed by atoms with van der Waals surface area (Å²) in [5, 5.41) is 18.6. The van der Waals surface area contributed by atoms with E-state index in [9.17, 15) is 84.3 Å². The lowest BCUT2D eigenvalue weighted by Gasteiger charge is -2.31. The van der Waals surface area contributed by atoms with Crippen LogP contribution in [0.5, 0.6) is 0 Å². The Morgan fingerprint density at radius 2 is 1.02 bits per heavy atom. The van der Waals surface area contributed by atoms with Crippen molar-refractivity contribution in [1.82, 2.24) is 10.6 Å². The molecule has 11 rings (SSSR count). The van der Waals surface area contributed by atoms with Crippen molar-refractivity contribution in [1.29, 1.82) is 0 Å². The Balaban J connectivity index is 0.00000353. The number of carboxylic acid groups (broad SMARTS) is 1. The lowest BCUT2D eigenvalue weighted by Crippen LogP contribution is -2.30. The van der Waals surface area contributed by atoms with Crippen LogP contribution in [0.1, 0.15) is 169 Å². The average molecular weight is 1720 g/mol. The number of hydrogen-bond donors (Lipinski definition) is 6. The first kappa shape index (κ1) is 89.9. The molecule has 28 nitrogen and oxygen atoms in total. The van der Waals surface area contributed by atoms with Crippen molar-refractivity contribution in [2.24, 2.45) is 0 Å². The van der Waals surface area contributed by atoms with Gasteiger partial charge in [-0.3, -0.25) is 28.0 Å². The van der Waals surface area contributed by atoms with Gasteiger partial charge in [0.05, 0.1) is 46.6 Å². The van der Waals surface area contributed by atoms with E-state index < -0.39 is 106 Å². The van der Waals surface area contributed by atoms with Crippen LogP contribution in [0.2, 0.25) is 0 Å². The lowest BCUT2D eigenvalue weighted by molar-refractivity contribution is -0.437. The van der Waals surface area contributed by atoms with Crippen LogP contribution < -0.4 is 20.4 Å². The third-order valence-electron chi connectivity index (χ3n) is 22.2. The quantitative estimate of drug-likeness (QED) is 0.0122. The molecule has 34 heteroatoms. The number of allylic oxidation sites excluding steroid dienone is 8. The molecule has 0 spiro atoms. The second-order valence-corrected chi connectivity index (χ2v) is 39.3. The molecule has 0 radical (unpaired) electrons. The minimum absolute atomic E-state index is 0.0472. The van der Waals surface area contributed by atoms with Gasteiger partial charge in [-0.05, 0) is 183 Å². The molecule has 4 aliphatic rings. The molecule has 0 bridgehead atoms. The number of carboxylic acids is 1. The molecule has 0 saturated heterocycles. The summed E-state index contributed by atoms with van der Waals surface area (Å²) in [5.41, 5.74) is 9.00. The Kier molecular flexibility index (Phi) is 27.7. The largest absolute Gasteiger partial charge is 0.748 e. The lowest BCUT2D eigenvalue weighted by atomic mass is 9.77. The van der Waals surface area contributed by atoms with Gasteiger partial charge in [0.15, 0.2) is 11.4 Å². The number of unbranched alkanes of at least 4 members (excludes halogenated alkanes) is 4. The molecule has 1 atom stereocenters. The highest BCUT2D eigenvalue weighted by molar-refractivity contribution is 7.86. The molecule has 4 aliphatic heterocycles. The van der Waals surface area contributed by atoms with Gasteiger partial charge in [0.25, 0.3) is 36.3 Å². The highest BCUT2D eigenvalue weighted by Gasteiger charge is 2.48. The number of carbonyl (C=O) groups is 3. The van der Waals surface area contributed by atoms with E-state index in [2.05, 4.69) is 47.8 Å². The Bertz CT molecular complexity index is 6010. The van der Waals surface area contributed by atoms with Crippen LogP contribution in [-0.2, 0) is 106 Å². The molecule has 0 aromatic heterocycles. The Morgan fingerprint density at radius 3 is 1.67 bits per heavy atom. The molecule has 1 unspecified atom stereocenters. The highest BCUT2D eigenvalue weighted by atomic mass is 32.2. The molecule has 626 valence electrons. The summed E-state index contributed by atoms with van der Waals surface area (Å²) in [6, 6.07) is 37.0. The van der Waals surface area contributed by atoms with Gasteiger partial charge in [-0.1, -0.05) is 99.9 Å². The number of carbonyl (C=O) groups excluding carboxylic acids is 2. The maximum Gasteiger partial charge on any atom is 0.425 e. The first-order valence-electron chi connectivity index (χ1n) is 38.1. The van der Waals surface area contributed by atoms with E-state index in [0.717, 1.165) is 78.2 Å². The zero-order chi connectivity index (χ0) is 85.6. The molecule has 0 aliphatic carbocycles. The van der Waals surface area contributed by atoms with E-state index in [1.54, 1.807) is 36.4 Å². The van der Waals surface area contributed by atoms with Crippen LogP contribution in [-0.4, -0.2) is 164 Å². The maximum absolute atomic E-state index is 13.7. The van der Waals surface area contributed by atoms with Crippen molar-refractivity contribution in [2.75, 3.05) is 53.2 Å². The standard InChI is InChI=1S/C83H96N6O19S5.O3S/c1-80(2)65-21-12-13-22-67(65)86(45-18-48-109(94,95)96)71(80)23-17-26-74-83(7,66-53-62(113(106,107)108)37-42-68(66)87(74)46-19-49-110(97,98)99)43-14-8-10-27-75(90)84-54-56-29-32-58(33-30-56)79(93)85-55-57-31-38-63-59(51-57)34-40-70-77(63)82(5,6)73(89(70)47-20-50-111(100,101)102)25-16-24-72-81(3,4)78-64-39-36-61(112(103,104)105)52-60(64)35-41-69(78)88(72)44-15-9-11-28-76(91)92;1-4(2)3/h12-13,16-17,21-26,29-42,51-53H,8-11,14-15,18-20,27-28,43-50,54-55H2,1-7H3,(H6-2,84,85,90,91,92,93,94,95,96,97,98,99,100,101,102,103,104,105,106,107,108);. The van der Waals surface area contributed by atoms with Gasteiger partial charge in [0, 0.05) is 138 Å². The molecular weight excluding hydrogens is 1630 g/mol. The topological polar surface area (TPSA) is 437 Å². The zero-order valence-electron chi connectivity index (χ0n) is 65.8. The average Bonchev–Trinajstić information content (AvgIpc) is 1.58. The third kappa shape index (κ3) is 21.5. The fraction of sp³-hybridized carbons (Fsp3) is 0.386. The van der Waals surface area contributed by atoms with Crippen molar-refractivity contribution >= 4 is 135 Å². The maximum atomic E-state index is 13.7. The van der Waals surface area contributed by atoms with Crippen molar-refractivity contribution < 1.29 is 106 Å². The number of anilines is 2. The minimum atomic E-state index is -4.68. The van der Waals surface area contributed by atoms with Crippen molar-refractivity contribution in [3.8, 4) is 0 Å². The van der Waals surface area contributed by atoms with Crippen molar-refractivity contribution in [3.05, 3.63) is 214 Å². The number of fused-ring (bicyclic) bond motifs is 8. The zero-order valence-corrected chi connectivity index (χ0v) is 70.7. The van der Waals surface area contributed by atoms with Crippen LogP contribution >= 0.6 is 0 Å². The van der Waals surface area contributed by atoms with Gasteiger partial charge in [-0.2, -0.15) is 34.4 Å². The number of nitrogens with zero attached hydrogens (tertiary/aromatic N) is 4. The summed E-state index contributed by atoms with van der Waals surface area (Å²) >= 11 is 0. The van der Waals surface area contributed by atoms with Gasteiger partial charge in [0.1, 0.15) is 13.1 Å². The Hall–Kier alpha value is -9.46. The fourth-order valence-electron chi connectivity index (χ4n) is 16.7. The van der Waals surface area contributed by atoms with Crippen LogP contribution in [0.15, 0.2) is 185 Å². The Labute approximate surface area is 684 Å². The Morgan fingerprint density at radius 1 is 0.496 bits per heavy atom. The normalized spacial score (nSPS) is 17.6. The molecule has 6 N–H and O–H groups in total. The van der Waals surface area contributed by atoms with Gasteiger partial charge in [-0.15, -0.1) is 12.6 Å². The summed E-state index contributed by atoms with van der Waals surface area (Å²) in [5.74, 6) is -3.07. The first-order chi connectivity index (χ1) is 54.7. The smallest absolute Gasteiger partial charge is 0.425 e. The molecule has 0 saturated carbocycles. The minimum Gasteiger partial charge on any atom is -0.748 e. The molecule has 2 amide bonds. The number of hydrogen-bond acceptors (Lipinski definition) is 20. The van der Waals surface area contributed by atoms with Crippen LogP contribution in [0.25, 0.3) is 21.5 Å². The summed E-state index contributed by atoms with van der Waals surface area (Å²) in [4.78, 5) is 42.0. The van der Waals surface area contributed by atoms with Crippen LogP contribution in [0.3, 0.4) is 0 Å². The van der Waals surface area contributed by atoms with E-state index in [1.807, 2.05) is 133 Å². The molecule has 7 aromatic carbocycles. The van der Waals surface area contributed by atoms with E-state index >= 15 is 0 Å². The van der Waals surface area contributed by atoms with E-state index in [0.29, 0.717) is 79.4 Å². The SMILES string of the molecule is CC1(C)C(C=CC=C2N(CCCS(=O)(=O)[O-])c3ccc(S(=O)(=O)O)cc3C2(C)CCCCCC(=O)NCc2ccc(C(=O)NCc3ccc4c5c(ccc4c3)[N+](CCCS(=O)(=O)[O-])=C(/C=C/C=C3/N(CCCCCC(=O)O)c4ccc6cc(S(=O)(=O)O)ccc6c4C3(C)C)C5(C)C)cc2)=[N+](CCCS(=O)(=O)O)c2ccccc21.O=S(=O)=O. The van der Waals surface area contributed by atoms with Gasteiger partial charge >= 0.3 is 16.6 Å². The van der Waals surface area contributed by atoms with Crippen molar-refractivity contribution in [3.63, 3.8) is 0 Å². The molecule has 4 heterocycles. The van der Waals surface area contributed by atoms with E-state index in [1.165, 1.54) is 24.3 Å². The van der Waals surface area contributed by atoms with Gasteiger partial charge in [0.2, 0.25) is 17.3 Å². The third-order valence-corrected chi connectivity index (χ3v) is 26.3. The molecular formula is C83H96N6O22S6. The summed E-state index contributed by atoms with van der Waals surface area (Å²) in [6.07, 6.45) is 15.8. The predicted octanol–water partition coefficient (Wildman–Crippen LogP) is 11.7. The summed E-state index contributed by atoms with van der Waals surface area (Å²) < 4.78 is 204. The van der Waals surface area contributed by atoms with E-state index in [4.69, 9.17) is 12.6 Å². The van der Waals surface area contributed by atoms with Gasteiger partial charge in [-0.25, -0.2) is 16.8 Å². The second-order valence-electron chi connectivity index (χ2n) is 31.4. The van der Waals surface area contributed by atoms with Crippen molar-refractivity contribution in [2.45, 2.75) is 170 Å². The number of nitrogens with one attached hydrogen (secondary N) is 2. The molecule has 7 aromatic rings. The number of para-hydroxylation sites is 1. The molecule has 0 fully saturated rings. The number of benzene rings is 7. The highest BCUT2D eigenvalue weighted by Crippen LogP contribution is 2.54. The fourth-order valence-corrected chi connectivity index (χ4v) is 19.2. The van der Waals surface area contributed by atoms with Crippen LogP contribution in [0.4, 0.5) is 22.7 Å². The number of aliphatic carboxylic acids is 1. The summed E-state index contributed by atoms with van der Waals surface area (Å²) in [7, 11) is -25.7. The van der Waals surface area contributed by atoms with Crippen LogP contribution in [0, 0.1) is 0 Å². The number of amides is 2. The first-order valence-corrected chi connectivity index (χ1v) is 46.8. The van der Waals surface area contributed by atoms with Gasteiger partial charge < -0.3 is 34.6 Å². The van der Waals surface area contributed by atoms with E-state index in [-0.39, 0.29) is 86.4 Å². The second kappa shape index (κ2) is 36.0. The number of rotatable bonds is 35. The molecule has 117 heavy (non-hydrogen) atoms. The predicted molar refractivity (Wildman–Crippen MR) is 443 cm³/mol. The summed E-state index contributed by atoms with van der Waals surface area (Å²) in [6.45, 7) is 15.8.